The number of likely N-dealkylation sites (tertiary alicyclic amines) is 1. The van der Waals surface area contributed by atoms with E-state index in [1.807, 2.05) is 17.0 Å². The lowest BCUT2D eigenvalue weighted by Crippen LogP contribution is -2.48. The lowest BCUT2D eigenvalue weighted by atomic mass is 9.77. The zero-order valence-electron chi connectivity index (χ0n) is 18.1. The van der Waals surface area contributed by atoms with Crippen LogP contribution in [-0.4, -0.2) is 68.4 Å². The van der Waals surface area contributed by atoms with E-state index in [4.69, 9.17) is 14.2 Å². The molecule has 1 aromatic rings. The number of nitrogens with zero attached hydrogens (tertiary/aromatic N) is 1. The number of aryl methyl sites for hydroxylation is 1. The van der Waals surface area contributed by atoms with Crippen molar-refractivity contribution in [3.8, 4) is 17.2 Å². The van der Waals surface area contributed by atoms with Crippen molar-refractivity contribution in [2.75, 3.05) is 34.4 Å². The van der Waals surface area contributed by atoms with Gasteiger partial charge < -0.3 is 29.5 Å². The molecule has 0 unspecified atom stereocenters. The molecule has 2 aliphatic rings. The van der Waals surface area contributed by atoms with E-state index in [9.17, 15) is 14.7 Å². The van der Waals surface area contributed by atoms with Gasteiger partial charge in [-0.25, -0.2) is 0 Å². The van der Waals surface area contributed by atoms with Crippen molar-refractivity contribution in [2.24, 2.45) is 11.8 Å². The van der Waals surface area contributed by atoms with Gasteiger partial charge in [-0.15, -0.1) is 0 Å². The van der Waals surface area contributed by atoms with Crippen molar-refractivity contribution in [3.05, 3.63) is 17.7 Å². The summed E-state index contributed by atoms with van der Waals surface area (Å²) in [6.45, 7) is 2.82. The minimum absolute atomic E-state index is 0.101. The number of aliphatic hydroxyl groups excluding tert-OH is 1. The molecule has 1 aliphatic carbocycles. The molecule has 8 nitrogen and oxygen atoms in total. The van der Waals surface area contributed by atoms with Crippen molar-refractivity contribution >= 4 is 11.8 Å². The van der Waals surface area contributed by atoms with Crippen LogP contribution in [0.15, 0.2) is 12.1 Å². The molecule has 1 saturated heterocycles. The average molecular weight is 421 g/mol. The van der Waals surface area contributed by atoms with E-state index >= 15 is 0 Å². The molecule has 1 aliphatic heterocycles. The predicted molar refractivity (Wildman–Crippen MR) is 111 cm³/mol. The highest BCUT2D eigenvalue weighted by molar-refractivity contribution is 5.77. The highest BCUT2D eigenvalue weighted by Gasteiger charge is 2.43. The monoisotopic (exact) mass is 420 g/mol. The van der Waals surface area contributed by atoms with Crippen LogP contribution in [0.3, 0.4) is 0 Å². The first-order valence-corrected chi connectivity index (χ1v) is 10.4. The van der Waals surface area contributed by atoms with Gasteiger partial charge in [-0.1, -0.05) is 0 Å². The van der Waals surface area contributed by atoms with E-state index in [0.717, 1.165) is 5.56 Å². The molecule has 3 rings (SSSR count). The van der Waals surface area contributed by atoms with Gasteiger partial charge >= 0.3 is 0 Å². The van der Waals surface area contributed by atoms with Crippen LogP contribution in [0.4, 0.5) is 0 Å². The molecule has 0 aromatic heterocycles. The second-order valence-corrected chi connectivity index (χ2v) is 8.20. The minimum Gasteiger partial charge on any atom is -0.493 e. The number of hydrogen-bond donors (Lipinski definition) is 2. The summed E-state index contributed by atoms with van der Waals surface area (Å²) in [5.41, 5.74) is 0.940. The number of fused-ring (bicyclic) bond motifs is 1. The Bertz CT molecular complexity index is 758. The fourth-order valence-corrected chi connectivity index (χ4v) is 4.74. The molecule has 4 atom stereocenters. The highest BCUT2D eigenvalue weighted by Crippen LogP contribution is 2.39. The standard InChI is InChI=1S/C22H32N2O6/c1-13(25)23-17-9-15-11-24(12-16(15)10-18(17)26)21(27)6-5-14-7-19(28-2)22(30-4)20(8-14)29-3/h7-8,15-18,26H,5-6,9-12H2,1-4H3,(H,23,25)/t15-,16+,17-,18-/m1/s1. The Morgan fingerprint density at radius 2 is 1.67 bits per heavy atom. The molecule has 0 spiro atoms. The van der Waals surface area contributed by atoms with Crippen molar-refractivity contribution in [1.29, 1.82) is 0 Å². The summed E-state index contributed by atoms with van der Waals surface area (Å²) in [6.07, 6.45) is 1.73. The second kappa shape index (κ2) is 9.55. The number of carbonyl (C=O) groups excluding carboxylic acids is 2. The zero-order chi connectivity index (χ0) is 21.8. The van der Waals surface area contributed by atoms with Crippen LogP contribution >= 0.6 is 0 Å². The van der Waals surface area contributed by atoms with E-state index in [1.54, 1.807) is 21.3 Å². The minimum atomic E-state index is -0.551. The molecule has 0 radical (unpaired) electrons. The van der Waals surface area contributed by atoms with Crippen molar-refractivity contribution < 1.29 is 28.9 Å². The topological polar surface area (TPSA) is 97.3 Å². The van der Waals surface area contributed by atoms with Gasteiger partial charge in [0.1, 0.15) is 0 Å². The number of carbonyl (C=O) groups is 2. The van der Waals surface area contributed by atoms with Crippen LogP contribution in [0.2, 0.25) is 0 Å². The molecule has 2 fully saturated rings. The van der Waals surface area contributed by atoms with E-state index in [-0.39, 0.29) is 23.8 Å². The molecular weight excluding hydrogens is 388 g/mol. The van der Waals surface area contributed by atoms with E-state index in [1.165, 1.54) is 6.92 Å². The maximum atomic E-state index is 12.8. The zero-order valence-corrected chi connectivity index (χ0v) is 18.1. The summed E-state index contributed by atoms with van der Waals surface area (Å²) in [7, 11) is 4.70. The molecule has 166 valence electrons. The van der Waals surface area contributed by atoms with Gasteiger partial charge in [0.25, 0.3) is 0 Å². The molecule has 1 aromatic carbocycles. The molecule has 8 heteroatoms. The summed E-state index contributed by atoms with van der Waals surface area (Å²) in [5, 5.41) is 13.2. The number of benzene rings is 1. The number of hydrogen-bond acceptors (Lipinski definition) is 6. The Hall–Kier alpha value is -2.48. The van der Waals surface area contributed by atoms with Crippen LogP contribution in [0, 0.1) is 11.8 Å². The third kappa shape index (κ3) is 4.80. The van der Waals surface area contributed by atoms with Crippen molar-refractivity contribution in [3.63, 3.8) is 0 Å². The Morgan fingerprint density at radius 1 is 1.07 bits per heavy atom. The number of nitrogens with one attached hydrogen (secondary N) is 1. The Morgan fingerprint density at radius 3 is 2.20 bits per heavy atom. The predicted octanol–water partition coefficient (Wildman–Crippen LogP) is 1.38. The fraction of sp³-hybridized carbons (Fsp3) is 0.636. The lowest BCUT2D eigenvalue weighted by molar-refractivity contribution is -0.130. The van der Waals surface area contributed by atoms with Gasteiger partial charge in [0.2, 0.25) is 17.6 Å². The maximum absolute atomic E-state index is 12.8. The third-order valence-corrected chi connectivity index (χ3v) is 6.24. The van der Waals surface area contributed by atoms with Crippen molar-refractivity contribution in [2.45, 2.75) is 44.8 Å². The average Bonchev–Trinajstić information content (AvgIpc) is 3.13. The Balaban J connectivity index is 1.59. The summed E-state index contributed by atoms with van der Waals surface area (Å²) in [5.74, 6) is 2.25. The lowest BCUT2D eigenvalue weighted by Gasteiger charge is -2.35. The van der Waals surface area contributed by atoms with Crippen LogP contribution in [0.25, 0.3) is 0 Å². The summed E-state index contributed by atoms with van der Waals surface area (Å²) < 4.78 is 16.1. The molecule has 0 bridgehead atoms. The summed E-state index contributed by atoms with van der Waals surface area (Å²) in [4.78, 5) is 26.1. The first-order chi connectivity index (χ1) is 14.4. The van der Waals surface area contributed by atoms with Crippen LogP contribution in [0.5, 0.6) is 17.2 Å². The number of amides is 2. The van der Waals surface area contributed by atoms with E-state index < -0.39 is 6.10 Å². The molecular formula is C22H32N2O6. The Labute approximate surface area is 177 Å². The third-order valence-electron chi connectivity index (χ3n) is 6.24. The number of ether oxygens (including phenoxy) is 3. The normalized spacial score (nSPS) is 25.4. The smallest absolute Gasteiger partial charge is 0.222 e. The molecule has 1 heterocycles. The summed E-state index contributed by atoms with van der Waals surface area (Å²) in [6, 6.07) is 3.51. The molecule has 1 saturated carbocycles. The SMILES string of the molecule is COc1cc(CCC(=O)N2C[C@H]3C[C@@H](NC(C)=O)[C@H](O)C[C@H]3C2)cc(OC)c1OC. The van der Waals surface area contributed by atoms with Gasteiger partial charge in [0.15, 0.2) is 11.5 Å². The van der Waals surface area contributed by atoms with Crippen molar-refractivity contribution in [1.82, 2.24) is 10.2 Å². The van der Waals surface area contributed by atoms with Gasteiger partial charge in [0.05, 0.1) is 33.5 Å². The van der Waals surface area contributed by atoms with Gasteiger partial charge in [0, 0.05) is 26.4 Å². The number of methoxy groups -OCH3 is 3. The van der Waals surface area contributed by atoms with Crippen LogP contribution in [0.1, 0.15) is 31.7 Å². The number of aliphatic hydroxyl groups is 1. The Kier molecular flexibility index (Phi) is 7.07. The molecule has 2 amide bonds. The molecule has 2 N–H and O–H groups in total. The highest BCUT2D eigenvalue weighted by atomic mass is 16.5. The first kappa shape index (κ1) is 22.2. The van der Waals surface area contributed by atoms with Gasteiger partial charge in [-0.2, -0.15) is 0 Å². The molecule has 30 heavy (non-hydrogen) atoms. The maximum Gasteiger partial charge on any atom is 0.222 e. The van der Waals surface area contributed by atoms with E-state index in [0.29, 0.717) is 61.9 Å². The quantitative estimate of drug-likeness (QED) is 0.692. The van der Waals surface area contributed by atoms with Crippen LogP contribution in [-0.2, 0) is 16.0 Å². The fourth-order valence-electron chi connectivity index (χ4n) is 4.74. The van der Waals surface area contributed by atoms with Gasteiger partial charge in [-0.05, 0) is 48.8 Å². The largest absolute Gasteiger partial charge is 0.493 e. The second-order valence-electron chi connectivity index (χ2n) is 8.20. The first-order valence-electron chi connectivity index (χ1n) is 10.4. The number of rotatable bonds is 7. The summed E-state index contributed by atoms with van der Waals surface area (Å²) >= 11 is 0. The van der Waals surface area contributed by atoms with E-state index in [2.05, 4.69) is 5.32 Å². The van der Waals surface area contributed by atoms with Crippen LogP contribution < -0.4 is 19.5 Å². The van der Waals surface area contributed by atoms with Gasteiger partial charge in [-0.3, -0.25) is 9.59 Å².